The number of aliphatic hydroxyl groups is 2. The second-order valence-corrected chi connectivity index (χ2v) is 9.87. The number of pyridine rings is 1. The van der Waals surface area contributed by atoms with Gasteiger partial charge in [0.1, 0.15) is 16.7 Å². The van der Waals surface area contributed by atoms with E-state index >= 15 is 0 Å². The third kappa shape index (κ3) is 5.88. The van der Waals surface area contributed by atoms with Crippen LogP contribution in [0.15, 0.2) is 16.5 Å². The first-order valence-corrected chi connectivity index (χ1v) is 13.1. The molecule has 3 atom stereocenters. The standard InChI is InChI=1S/C26H36ClN5O3/c1-4-6-7-9-28-26-31-24(27)22(25(32-26)30-19-10-16(14-33)11-20(19)34)21-13-17-12-18(8-5-2)29-15(3)23(17)35-21/h12-13,16,19-20,33-34H,4-11,14H2,1-3H3,(H2,28,30,31,32)/t16-,19?,20+/m0/s1. The summed E-state index contributed by atoms with van der Waals surface area (Å²) >= 11 is 6.73. The lowest BCUT2D eigenvalue weighted by Gasteiger charge is -2.20. The number of nitrogens with zero attached hydrogens (tertiary/aromatic N) is 3. The van der Waals surface area contributed by atoms with E-state index in [1.54, 1.807) is 0 Å². The summed E-state index contributed by atoms with van der Waals surface area (Å²) in [5.41, 5.74) is 3.12. The Morgan fingerprint density at radius 3 is 2.66 bits per heavy atom. The van der Waals surface area contributed by atoms with Gasteiger partial charge in [0.25, 0.3) is 0 Å². The van der Waals surface area contributed by atoms with Crippen molar-refractivity contribution in [2.45, 2.75) is 77.9 Å². The maximum Gasteiger partial charge on any atom is 0.226 e. The number of aromatic nitrogens is 3. The summed E-state index contributed by atoms with van der Waals surface area (Å²) in [6.07, 6.45) is 5.76. The number of unbranched alkanes of at least 4 members (excludes halogenated alkanes) is 2. The van der Waals surface area contributed by atoms with E-state index < -0.39 is 6.10 Å². The van der Waals surface area contributed by atoms with E-state index in [0.717, 1.165) is 55.4 Å². The quantitative estimate of drug-likeness (QED) is 0.205. The average Bonchev–Trinajstić information content (AvgIpc) is 3.40. The highest BCUT2D eigenvalue weighted by Gasteiger charge is 2.34. The Balaban J connectivity index is 1.72. The maximum atomic E-state index is 10.6. The largest absolute Gasteiger partial charge is 0.454 e. The van der Waals surface area contributed by atoms with Gasteiger partial charge in [0.2, 0.25) is 5.95 Å². The number of hydrogen-bond donors (Lipinski definition) is 4. The van der Waals surface area contributed by atoms with Gasteiger partial charge in [0.05, 0.1) is 23.4 Å². The van der Waals surface area contributed by atoms with E-state index in [2.05, 4.69) is 40.5 Å². The van der Waals surface area contributed by atoms with E-state index in [1.807, 2.05) is 13.0 Å². The smallest absolute Gasteiger partial charge is 0.226 e. The van der Waals surface area contributed by atoms with E-state index in [0.29, 0.717) is 41.5 Å². The van der Waals surface area contributed by atoms with Crippen LogP contribution in [-0.4, -0.2) is 50.5 Å². The fourth-order valence-electron chi connectivity index (χ4n) is 4.79. The molecule has 1 saturated carbocycles. The van der Waals surface area contributed by atoms with Crippen molar-refractivity contribution in [3.05, 3.63) is 28.7 Å². The average molecular weight is 502 g/mol. The van der Waals surface area contributed by atoms with Crippen LogP contribution in [0.4, 0.5) is 11.8 Å². The summed E-state index contributed by atoms with van der Waals surface area (Å²) in [5.74, 6) is 1.54. The number of rotatable bonds is 11. The minimum Gasteiger partial charge on any atom is -0.454 e. The molecule has 3 heterocycles. The molecule has 3 aromatic rings. The summed E-state index contributed by atoms with van der Waals surface area (Å²) in [4.78, 5) is 13.9. The number of hydrogen-bond acceptors (Lipinski definition) is 8. The van der Waals surface area contributed by atoms with Crippen molar-refractivity contribution in [1.82, 2.24) is 15.0 Å². The second kappa shape index (κ2) is 11.5. The molecule has 8 nitrogen and oxygen atoms in total. The van der Waals surface area contributed by atoms with Crippen LogP contribution >= 0.6 is 11.6 Å². The van der Waals surface area contributed by atoms with Crippen molar-refractivity contribution >= 4 is 34.3 Å². The van der Waals surface area contributed by atoms with Gasteiger partial charge < -0.3 is 25.3 Å². The minimum atomic E-state index is -0.589. The molecule has 190 valence electrons. The number of fused-ring (bicyclic) bond motifs is 1. The predicted molar refractivity (Wildman–Crippen MR) is 140 cm³/mol. The fraction of sp³-hybridized carbons (Fsp3) is 0.577. The lowest BCUT2D eigenvalue weighted by Crippen LogP contribution is -2.29. The molecule has 0 saturated heterocycles. The first-order chi connectivity index (χ1) is 16.9. The highest BCUT2D eigenvalue weighted by atomic mass is 35.5. The van der Waals surface area contributed by atoms with Crippen molar-refractivity contribution in [2.24, 2.45) is 5.92 Å². The van der Waals surface area contributed by atoms with Gasteiger partial charge in [0, 0.05) is 24.2 Å². The monoisotopic (exact) mass is 501 g/mol. The van der Waals surface area contributed by atoms with Crippen molar-refractivity contribution < 1.29 is 14.6 Å². The van der Waals surface area contributed by atoms with E-state index in [4.69, 9.17) is 21.0 Å². The summed E-state index contributed by atoms with van der Waals surface area (Å²) < 4.78 is 6.24. The molecule has 0 spiro atoms. The van der Waals surface area contributed by atoms with Crippen LogP contribution in [0.2, 0.25) is 5.15 Å². The Hall–Kier alpha value is -2.42. The minimum absolute atomic E-state index is 0.0480. The Morgan fingerprint density at radius 1 is 1.11 bits per heavy atom. The summed E-state index contributed by atoms with van der Waals surface area (Å²) in [6.45, 7) is 7.03. The maximum absolute atomic E-state index is 10.6. The first kappa shape index (κ1) is 25.7. The van der Waals surface area contributed by atoms with Crippen LogP contribution in [0.1, 0.15) is 63.8 Å². The number of aliphatic hydroxyl groups excluding tert-OH is 2. The van der Waals surface area contributed by atoms with Crippen molar-refractivity contribution in [1.29, 1.82) is 0 Å². The molecule has 35 heavy (non-hydrogen) atoms. The SMILES string of the molecule is CCCCCNc1nc(Cl)c(-c2cc3cc(CCC)nc(C)c3o2)c(NC2C[C@H](CO)C[C@H]2O)n1. The Morgan fingerprint density at radius 2 is 1.94 bits per heavy atom. The van der Waals surface area contributed by atoms with Gasteiger partial charge in [-0.3, -0.25) is 4.98 Å². The molecule has 0 aromatic carbocycles. The molecule has 4 rings (SSSR count). The molecular weight excluding hydrogens is 466 g/mol. The van der Waals surface area contributed by atoms with E-state index in [9.17, 15) is 10.2 Å². The number of nitrogens with one attached hydrogen (secondary N) is 2. The molecule has 0 bridgehead atoms. The fourth-order valence-corrected chi connectivity index (χ4v) is 5.05. The van der Waals surface area contributed by atoms with Crippen LogP contribution < -0.4 is 10.6 Å². The zero-order chi connectivity index (χ0) is 24.9. The molecule has 0 amide bonds. The summed E-state index contributed by atoms with van der Waals surface area (Å²) in [6, 6.07) is 3.75. The molecule has 0 radical (unpaired) electrons. The van der Waals surface area contributed by atoms with Gasteiger partial charge in [-0.15, -0.1) is 0 Å². The molecule has 4 N–H and O–H groups in total. The Bertz CT molecular complexity index is 1150. The van der Waals surface area contributed by atoms with Gasteiger partial charge in [-0.05, 0) is 50.7 Å². The molecule has 0 aliphatic heterocycles. The van der Waals surface area contributed by atoms with Crippen LogP contribution in [0, 0.1) is 12.8 Å². The zero-order valence-corrected chi connectivity index (χ0v) is 21.5. The lowest BCUT2D eigenvalue weighted by molar-refractivity contribution is 0.157. The lowest BCUT2D eigenvalue weighted by atomic mass is 10.1. The molecule has 1 fully saturated rings. The normalized spacial score (nSPS) is 20.0. The number of anilines is 2. The Kier molecular flexibility index (Phi) is 8.46. The topological polar surface area (TPSA) is 116 Å². The first-order valence-electron chi connectivity index (χ1n) is 12.7. The summed E-state index contributed by atoms with van der Waals surface area (Å²) in [5, 5.41) is 28.0. The zero-order valence-electron chi connectivity index (χ0n) is 20.8. The third-order valence-corrected chi connectivity index (χ3v) is 6.88. The van der Waals surface area contributed by atoms with Crippen molar-refractivity contribution in [3.8, 4) is 11.3 Å². The molecule has 3 aromatic heterocycles. The molecule has 1 unspecified atom stereocenters. The Labute approximate surface area is 211 Å². The van der Waals surface area contributed by atoms with Crippen LogP contribution in [0.25, 0.3) is 22.3 Å². The number of furan rings is 1. The molecule has 1 aliphatic carbocycles. The summed E-state index contributed by atoms with van der Waals surface area (Å²) in [7, 11) is 0. The van der Waals surface area contributed by atoms with Gasteiger partial charge in [0.15, 0.2) is 5.58 Å². The molecule has 9 heteroatoms. The van der Waals surface area contributed by atoms with Gasteiger partial charge in [-0.25, -0.2) is 4.98 Å². The highest BCUT2D eigenvalue weighted by molar-refractivity contribution is 6.32. The predicted octanol–water partition coefficient (Wildman–Crippen LogP) is 5.34. The van der Waals surface area contributed by atoms with Crippen molar-refractivity contribution in [3.63, 3.8) is 0 Å². The molecular formula is C26H36ClN5O3. The highest BCUT2D eigenvalue weighted by Crippen LogP contribution is 2.39. The van der Waals surface area contributed by atoms with Gasteiger partial charge in [-0.1, -0.05) is 44.7 Å². The number of aryl methyl sites for hydroxylation is 2. The van der Waals surface area contributed by atoms with Gasteiger partial charge in [-0.2, -0.15) is 4.98 Å². The third-order valence-electron chi connectivity index (χ3n) is 6.61. The molecule has 1 aliphatic rings. The second-order valence-electron chi connectivity index (χ2n) is 9.51. The van der Waals surface area contributed by atoms with E-state index in [-0.39, 0.29) is 23.7 Å². The van der Waals surface area contributed by atoms with Crippen LogP contribution in [0.3, 0.4) is 0 Å². The van der Waals surface area contributed by atoms with Crippen LogP contribution in [-0.2, 0) is 6.42 Å². The van der Waals surface area contributed by atoms with Crippen LogP contribution in [0.5, 0.6) is 0 Å². The van der Waals surface area contributed by atoms with E-state index in [1.165, 1.54) is 0 Å². The van der Waals surface area contributed by atoms with Crippen molar-refractivity contribution in [2.75, 3.05) is 23.8 Å². The van der Waals surface area contributed by atoms with Gasteiger partial charge >= 0.3 is 0 Å². The number of halogens is 1.